The third-order valence-corrected chi connectivity index (χ3v) is 4.21. The number of benzene rings is 1. The third kappa shape index (κ3) is 4.09. The van der Waals surface area contributed by atoms with E-state index in [2.05, 4.69) is 15.1 Å². The monoisotopic (exact) mass is 373 g/mol. The lowest BCUT2D eigenvalue weighted by molar-refractivity contribution is 0.305. The zero-order valence-electron chi connectivity index (χ0n) is 15.1. The fourth-order valence-corrected chi connectivity index (χ4v) is 2.78. The number of aromatic nitrogens is 3. The molecule has 0 unspecified atom stereocenters. The van der Waals surface area contributed by atoms with Crippen LogP contribution in [0.25, 0.3) is 11.3 Å². The van der Waals surface area contributed by atoms with Crippen molar-refractivity contribution in [1.82, 2.24) is 15.1 Å². The maximum atomic E-state index is 5.91. The average molecular weight is 373 g/mol. The molecule has 0 fully saturated rings. The number of hydrogen-bond donors (Lipinski definition) is 2. The largest absolute Gasteiger partial charge is 0.489 e. The summed E-state index contributed by atoms with van der Waals surface area (Å²) in [5.41, 5.74) is 15.1. The number of anilines is 2. The predicted molar refractivity (Wildman–Crippen MR) is 106 cm³/mol. The molecule has 3 aromatic heterocycles. The molecular formula is C21H19N5O2. The number of nitrogen functional groups attached to an aromatic ring is 2. The Labute approximate surface area is 162 Å². The van der Waals surface area contributed by atoms with Crippen molar-refractivity contribution < 1.29 is 9.26 Å². The number of pyridine rings is 2. The Hall–Kier alpha value is -3.87. The molecule has 7 nitrogen and oxygen atoms in total. The van der Waals surface area contributed by atoms with Crippen molar-refractivity contribution in [2.45, 2.75) is 13.0 Å². The van der Waals surface area contributed by atoms with Gasteiger partial charge in [-0.25, -0.2) is 4.98 Å². The molecule has 28 heavy (non-hydrogen) atoms. The van der Waals surface area contributed by atoms with Gasteiger partial charge in [-0.15, -0.1) is 0 Å². The highest BCUT2D eigenvalue weighted by Gasteiger charge is 2.11. The molecule has 0 aliphatic rings. The Bertz CT molecular complexity index is 1060. The van der Waals surface area contributed by atoms with E-state index in [1.54, 1.807) is 24.5 Å². The molecule has 140 valence electrons. The van der Waals surface area contributed by atoms with E-state index in [0.29, 0.717) is 36.0 Å². The van der Waals surface area contributed by atoms with Crippen molar-refractivity contribution in [3.8, 4) is 17.1 Å². The fourth-order valence-electron chi connectivity index (χ4n) is 2.78. The van der Waals surface area contributed by atoms with Gasteiger partial charge >= 0.3 is 0 Å². The van der Waals surface area contributed by atoms with Crippen molar-refractivity contribution in [1.29, 1.82) is 0 Å². The molecule has 4 aromatic rings. The smallest absolute Gasteiger partial charge is 0.170 e. The summed E-state index contributed by atoms with van der Waals surface area (Å²) in [6, 6.07) is 17.1. The van der Waals surface area contributed by atoms with Crippen LogP contribution in [0.1, 0.15) is 16.8 Å². The molecule has 0 aliphatic carbocycles. The predicted octanol–water partition coefficient (Wildman–Crippen LogP) is 3.47. The first-order valence-corrected chi connectivity index (χ1v) is 8.76. The van der Waals surface area contributed by atoms with Gasteiger partial charge in [0.25, 0.3) is 0 Å². The van der Waals surface area contributed by atoms with E-state index >= 15 is 0 Å². The van der Waals surface area contributed by atoms with E-state index in [0.717, 1.165) is 22.6 Å². The van der Waals surface area contributed by atoms with Crippen molar-refractivity contribution in [2.24, 2.45) is 0 Å². The first-order valence-electron chi connectivity index (χ1n) is 8.76. The van der Waals surface area contributed by atoms with Crippen LogP contribution in [0.15, 0.2) is 71.5 Å². The zero-order chi connectivity index (χ0) is 19.3. The van der Waals surface area contributed by atoms with Crippen LogP contribution >= 0.6 is 0 Å². The van der Waals surface area contributed by atoms with E-state index < -0.39 is 0 Å². The van der Waals surface area contributed by atoms with Crippen LogP contribution in [0.3, 0.4) is 0 Å². The Morgan fingerprint density at radius 3 is 2.57 bits per heavy atom. The average Bonchev–Trinajstić information content (AvgIpc) is 3.16. The molecule has 0 saturated carbocycles. The number of hydrogen-bond acceptors (Lipinski definition) is 7. The summed E-state index contributed by atoms with van der Waals surface area (Å²) in [5, 5.41) is 4.12. The quantitative estimate of drug-likeness (QED) is 0.532. The summed E-state index contributed by atoms with van der Waals surface area (Å²) in [4.78, 5) is 8.12. The van der Waals surface area contributed by atoms with Gasteiger partial charge in [-0.3, -0.25) is 4.98 Å². The van der Waals surface area contributed by atoms with Gasteiger partial charge in [0.15, 0.2) is 5.76 Å². The minimum Gasteiger partial charge on any atom is -0.489 e. The molecule has 0 atom stereocenters. The minimum absolute atomic E-state index is 0.317. The molecular weight excluding hydrogens is 354 g/mol. The van der Waals surface area contributed by atoms with E-state index in [1.807, 2.05) is 42.5 Å². The van der Waals surface area contributed by atoms with Gasteiger partial charge < -0.3 is 20.7 Å². The topological polar surface area (TPSA) is 113 Å². The minimum atomic E-state index is 0.317. The number of nitrogens with two attached hydrogens (primary N) is 2. The molecule has 0 saturated heterocycles. The van der Waals surface area contributed by atoms with Crippen LogP contribution in [-0.4, -0.2) is 15.1 Å². The van der Waals surface area contributed by atoms with E-state index in [9.17, 15) is 0 Å². The second-order valence-electron chi connectivity index (χ2n) is 6.32. The first kappa shape index (κ1) is 17.5. The first-order chi connectivity index (χ1) is 13.7. The van der Waals surface area contributed by atoms with Crippen LogP contribution in [0.2, 0.25) is 0 Å². The van der Waals surface area contributed by atoms with Crippen LogP contribution in [0.5, 0.6) is 5.75 Å². The number of rotatable bonds is 6. The van der Waals surface area contributed by atoms with Crippen molar-refractivity contribution in [3.05, 3.63) is 83.8 Å². The normalized spacial score (nSPS) is 10.7. The van der Waals surface area contributed by atoms with Crippen LogP contribution in [-0.2, 0) is 13.0 Å². The molecule has 4 N–H and O–H groups in total. The second kappa shape index (κ2) is 7.79. The van der Waals surface area contributed by atoms with Crippen LogP contribution < -0.4 is 16.2 Å². The van der Waals surface area contributed by atoms with Gasteiger partial charge in [-0.1, -0.05) is 23.4 Å². The van der Waals surface area contributed by atoms with Gasteiger partial charge in [0.05, 0.1) is 11.3 Å². The molecule has 1 aromatic carbocycles. The van der Waals surface area contributed by atoms with Crippen molar-refractivity contribution in [3.63, 3.8) is 0 Å². The summed E-state index contributed by atoms with van der Waals surface area (Å²) < 4.78 is 11.2. The number of ether oxygens (including phenoxy) is 1. The van der Waals surface area contributed by atoms with Crippen LogP contribution in [0, 0.1) is 0 Å². The van der Waals surface area contributed by atoms with Gasteiger partial charge in [-0.2, -0.15) is 0 Å². The van der Waals surface area contributed by atoms with Crippen molar-refractivity contribution >= 4 is 11.6 Å². The molecule has 4 rings (SSSR count). The Kier molecular flexibility index (Phi) is 4.88. The van der Waals surface area contributed by atoms with Crippen molar-refractivity contribution in [2.75, 3.05) is 11.5 Å². The van der Waals surface area contributed by atoms with Gasteiger partial charge in [0.2, 0.25) is 0 Å². The molecule has 7 heteroatoms. The molecule has 0 bridgehead atoms. The highest BCUT2D eigenvalue weighted by molar-refractivity contribution is 5.71. The summed E-state index contributed by atoms with van der Waals surface area (Å²) in [6.45, 7) is 0.483. The maximum Gasteiger partial charge on any atom is 0.170 e. The third-order valence-electron chi connectivity index (χ3n) is 4.21. The highest BCUT2D eigenvalue weighted by atomic mass is 16.5. The maximum absolute atomic E-state index is 5.91. The lowest BCUT2D eigenvalue weighted by Crippen LogP contribution is -1.97. The van der Waals surface area contributed by atoms with Crippen LogP contribution in [0.4, 0.5) is 11.6 Å². The summed E-state index contributed by atoms with van der Waals surface area (Å²) in [6.07, 6.45) is 4.17. The lowest BCUT2D eigenvalue weighted by Gasteiger charge is -2.06. The summed E-state index contributed by atoms with van der Waals surface area (Å²) in [5.74, 6) is 2.05. The fraction of sp³-hybridized carbons (Fsp3) is 0.0952. The zero-order valence-corrected chi connectivity index (χ0v) is 15.1. The van der Waals surface area contributed by atoms with E-state index in [4.69, 9.17) is 20.7 Å². The SMILES string of the molecule is Nc1ccc(-c2cc(Cc3ccc(OCc4cccnc4)cc3)no2)c(N)n1. The second-order valence-corrected chi connectivity index (χ2v) is 6.32. The molecule has 0 radical (unpaired) electrons. The number of nitrogens with zero attached hydrogens (tertiary/aromatic N) is 3. The standard InChI is InChI=1S/C21H19N5O2/c22-20-8-7-18(21(23)25-20)19-11-16(26-28-19)10-14-3-5-17(6-4-14)27-13-15-2-1-9-24-12-15/h1-9,11-12H,10,13H2,(H4,22,23,25). The highest BCUT2D eigenvalue weighted by Crippen LogP contribution is 2.27. The van der Waals surface area contributed by atoms with Gasteiger partial charge in [-0.05, 0) is 35.9 Å². The van der Waals surface area contributed by atoms with E-state index in [1.165, 1.54) is 0 Å². The van der Waals surface area contributed by atoms with Gasteiger partial charge in [0, 0.05) is 30.4 Å². The Balaban J connectivity index is 1.40. The molecule has 0 amide bonds. The molecule has 0 aliphatic heterocycles. The lowest BCUT2D eigenvalue weighted by atomic mass is 10.1. The molecule has 3 heterocycles. The Morgan fingerprint density at radius 2 is 1.82 bits per heavy atom. The van der Waals surface area contributed by atoms with E-state index in [-0.39, 0.29) is 0 Å². The molecule has 0 spiro atoms. The van der Waals surface area contributed by atoms with Gasteiger partial charge in [0.1, 0.15) is 24.0 Å². The summed E-state index contributed by atoms with van der Waals surface area (Å²) >= 11 is 0. The Morgan fingerprint density at radius 1 is 0.964 bits per heavy atom. The summed E-state index contributed by atoms with van der Waals surface area (Å²) in [7, 11) is 0.